The molecule has 510 valence electrons. The third kappa shape index (κ3) is 42.0. The van der Waals surface area contributed by atoms with Gasteiger partial charge in [0.2, 0.25) is 5.91 Å². The van der Waals surface area contributed by atoms with E-state index < -0.39 is 86.8 Å². The van der Waals surface area contributed by atoms with Crippen LogP contribution >= 0.6 is 0 Å². The minimum atomic E-state index is -1.80. The Hall–Kier alpha value is -4.39. The third-order valence-electron chi connectivity index (χ3n) is 15.7. The number of amides is 1. The van der Waals surface area contributed by atoms with Gasteiger partial charge in [0.25, 0.3) is 0 Å². The maximum absolute atomic E-state index is 13.3. The average Bonchev–Trinajstić information content (AvgIpc) is 1.28. The van der Waals surface area contributed by atoms with Gasteiger partial charge in [0.05, 0.1) is 32.0 Å². The van der Waals surface area contributed by atoms with Crippen molar-refractivity contribution in [3.8, 4) is 0 Å². The molecule has 0 radical (unpaired) electrons. The molecule has 0 aromatic carbocycles. The lowest BCUT2D eigenvalue weighted by Crippen LogP contribution is -2.65. The normalized spacial score (nSPS) is 23.9. The van der Waals surface area contributed by atoms with E-state index in [9.17, 15) is 45.6 Å². The van der Waals surface area contributed by atoms with E-state index in [4.69, 9.17) is 18.9 Å². The number of unbranched alkanes of at least 4 members (excludes halogenated alkanes) is 17. The van der Waals surface area contributed by atoms with Crippen molar-refractivity contribution >= 4 is 5.91 Å². The fourth-order valence-corrected chi connectivity index (χ4v) is 10.2. The summed E-state index contributed by atoms with van der Waals surface area (Å²) in [4.78, 5) is 13.3. The van der Waals surface area contributed by atoms with Crippen LogP contribution in [-0.2, 0) is 23.7 Å². The minimum absolute atomic E-state index is 0.229. The predicted octanol–water partition coefficient (Wildman–Crippen LogP) is 14.2. The molecule has 1 amide bonds. The van der Waals surface area contributed by atoms with Crippen molar-refractivity contribution in [1.29, 1.82) is 0 Å². The molecule has 0 aromatic rings. The Bertz CT molecular complexity index is 2120. The van der Waals surface area contributed by atoms with Crippen LogP contribution < -0.4 is 5.32 Å². The molecule has 14 nitrogen and oxygen atoms in total. The Labute approximate surface area is 544 Å². The zero-order valence-electron chi connectivity index (χ0n) is 55.3. The topological polar surface area (TPSA) is 228 Å². The number of nitrogens with one attached hydrogen (secondary N) is 1. The number of rotatable bonds is 54. The fraction of sp³-hybridized carbons (Fsp3) is 0.645. The molecule has 12 unspecified atom stereocenters. The monoisotopic (exact) mass is 1260 g/mol. The quantitative estimate of drug-likeness (QED) is 0.0204. The summed E-state index contributed by atoms with van der Waals surface area (Å²) in [6.45, 7) is 2.63. The largest absolute Gasteiger partial charge is 0.394 e. The standard InChI is InChI=1S/C76H123NO13/c1-3-5-7-9-11-13-15-17-19-21-23-25-26-27-28-29-30-31-32-33-34-35-36-37-38-40-42-44-46-48-50-52-54-56-58-60-68(81)77-64(65(80)59-57-55-53-51-49-47-45-43-41-39-24-22-20-18-16-14-12-10-8-6-4-2)63-87-75-73(86)71(84)74(67(62-79)89-75)90-76-72(85)70(83)69(82)66(61-78)88-76/h5,7,11,13,17,19,23,25,27-28,30-31,33-34,36-37,40-43,46,48-49,51,57,59,64-67,69-76,78-80,82-86H,3-4,6,8-10,12,14-16,18,20-22,24,26,29,32,35,38-39,44-45,47,50,52-56,58,60-63H2,1-2H3,(H,77,81)/b7-5-,13-11-,19-17-,25-23-,28-27-,31-30-,34-33-,37-36-,42-40-,43-41+,48-46-,51-49+,59-57+. The Morgan fingerprint density at radius 3 is 1.22 bits per heavy atom. The summed E-state index contributed by atoms with van der Waals surface area (Å²) in [6, 6.07) is -0.965. The van der Waals surface area contributed by atoms with Crippen LogP contribution in [0, 0.1) is 0 Å². The fourth-order valence-electron chi connectivity index (χ4n) is 10.2. The van der Waals surface area contributed by atoms with Crippen molar-refractivity contribution < 1.29 is 64.6 Å². The van der Waals surface area contributed by atoms with E-state index >= 15 is 0 Å². The molecular formula is C76H123NO13. The molecule has 2 aliphatic rings. The highest BCUT2D eigenvalue weighted by molar-refractivity contribution is 5.76. The number of aliphatic hydroxyl groups is 8. The second-order valence-corrected chi connectivity index (χ2v) is 23.5. The highest BCUT2D eigenvalue weighted by Crippen LogP contribution is 2.30. The van der Waals surface area contributed by atoms with Gasteiger partial charge in [0.1, 0.15) is 48.8 Å². The van der Waals surface area contributed by atoms with Crippen molar-refractivity contribution in [1.82, 2.24) is 5.32 Å². The minimum Gasteiger partial charge on any atom is -0.394 e. The van der Waals surface area contributed by atoms with E-state index in [2.05, 4.69) is 165 Å². The molecule has 0 bridgehead atoms. The second-order valence-electron chi connectivity index (χ2n) is 23.5. The summed E-state index contributed by atoms with van der Waals surface area (Å²) in [5, 5.41) is 87.3. The van der Waals surface area contributed by atoms with E-state index in [-0.39, 0.29) is 18.9 Å². The summed E-state index contributed by atoms with van der Waals surface area (Å²) >= 11 is 0. The van der Waals surface area contributed by atoms with Gasteiger partial charge in [-0.1, -0.05) is 249 Å². The van der Waals surface area contributed by atoms with Gasteiger partial charge in [-0.05, 0) is 122 Å². The Morgan fingerprint density at radius 2 is 0.778 bits per heavy atom. The number of allylic oxidation sites excluding steroid dienone is 25. The van der Waals surface area contributed by atoms with Crippen LogP contribution in [0.1, 0.15) is 219 Å². The maximum atomic E-state index is 13.3. The number of carbonyl (C=O) groups excluding carboxylic acids is 1. The van der Waals surface area contributed by atoms with Crippen LogP contribution in [0.5, 0.6) is 0 Å². The van der Waals surface area contributed by atoms with Crippen LogP contribution in [0.3, 0.4) is 0 Å². The highest BCUT2D eigenvalue weighted by atomic mass is 16.7. The molecule has 9 N–H and O–H groups in total. The second kappa shape index (κ2) is 58.4. The smallest absolute Gasteiger partial charge is 0.220 e. The van der Waals surface area contributed by atoms with Crippen LogP contribution in [0.15, 0.2) is 158 Å². The molecule has 2 aliphatic heterocycles. The summed E-state index contributed by atoms with van der Waals surface area (Å²) in [6.07, 6.45) is 72.9. The van der Waals surface area contributed by atoms with Crippen LogP contribution in [-0.4, -0.2) is 140 Å². The maximum Gasteiger partial charge on any atom is 0.220 e. The first kappa shape index (κ1) is 81.7. The van der Waals surface area contributed by atoms with Gasteiger partial charge in [-0.3, -0.25) is 4.79 Å². The van der Waals surface area contributed by atoms with E-state index in [0.717, 1.165) is 116 Å². The lowest BCUT2D eigenvalue weighted by atomic mass is 9.97. The first-order valence-electron chi connectivity index (χ1n) is 34.7. The van der Waals surface area contributed by atoms with Crippen LogP contribution in [0.25, 0.3) is 0 Å². The molecule has 0 saturated carbocycles. The van der Waals surface area contributed by atoms with Gasteiger partial charge < -0.3 is 65.1 Å². The number of hydrogen-bond donors (Lipinski definition) is 9. The number of ether oxygens (including phenoxy) is 4. The molecule has 2 heterocycles. The predicted molar refractivity (Wildman–Crippen MR) is 368 cm³/mol. The zero-order valence-corrected chi connectivity index (χ0v) is 55.3. The van der Waals surface area contributed by atoms with E-state index in [1.165, 1.54) is 70.6 Å². The number of hydrogen-bond acceptors (Lipinski definition) is 13. The van der Waals surface area contributed by atoms with Crippen molar-refractivity contribution in [3.63, 3.8) is 0 Å². The van der Waals surface area contributed by atoms with Crippen molar-refractivity contribution in [2.75, 3.05) is 19.8 Å². The van der Waals surface area contributed by atoms with E-state index in [0.29, 0.717) is 12.8 Å². The van der Waals surface area contributed by atoms with Gasteiger partial charge in [-0.2, -0.15) is 0 Å². The number of carbonyl (C=O) groups is 1. The van der Waals surface area contributed by atoms with Crippen molar-refractivity contribution in [2.45, 2.75) is 293 Å². The van der Waals surface area contributed by atoms with E-state index in [1.54, 1.807) is 6.08 Å². The van der Waals surface area contributed by atoms with Gasteiger partial charge >= 0.3 is 0 Å². The molecule has 0 aliphatic carbocycles. The van der Waals surface area contributed by atoms with Crippen molar-refractivity contribution in [2.24, 2.45) is 0 Å². The number of aliphatic hydroxyl groups excluding tert-OH is 8. The molecule has 2 saturated heterocycles. The Balaban J connectivity index is 1.73. The summed E-state index contributed by atoms with van der Waals surface area (Å²) in [5.41, 5.74) is 0. The molecule has 2 fully saturated rings. The molecule has 14 heteroatoms. The zero-order chi connectivity index (χ0) is 65.2. The molecule has 90 heavy (non-hydrogen) atoms. The van der Waals surface area contributed by atoms with Gasteiger partial charge in [0, 0.05) is 6.42 Å². The summed E-state index contributed by atoms with van der Waals surface area (Å²) in [5.74, 6) is -0.284. The third-order valence-corrected chi connectivity index (χ3v) is 15.7. The Kier molecular flexibility index (Phi) is 53.0. The van der Waals surface area contributed by atoms with Gasteiger partial charge in [0.15, 0.2) is 12.6 Å². The van der Waals surface area contributed by atoms with Crippen molar-refractivity contribution in [3.05, 3.63) is 158 Å². The summed E-state index contributed by atoms with van der Waals surface area (Å²) < 4.78 is 22.8. The molecule has 12 atom stereocenters. The molecule has 0 aromatic heterocycles. The average molecular weight is 1260 g/mol. The first-order valence-corrected chi connectivity index (χ1v) is 34.7. The van der Waals surface area contributed by atoms with Gasteiger partial charge in [-0.15, -0.1) is 0 Å². The summed E-state index contributed by atoms with van der Waals surface area (Å²) in [7, 11) is 0. The molecular weight excluding hydrogens is 1130 g/mol. The Morgan fingerprint density at radius 1 is 0.411 bits per heavy atom. The lowest BCUT2D eigenvalue weighted by Gasteiger charge is -2.46. The van der Waals surface area contributed by atoms with Gasteiger partial charge in [-0.25, -0.2) is 0 Å². The van der Waals surface area contributed by atoms with Crippen LogP contribution in [0.4, 0.5) is 0 Å². The molecule has 2 rings (SSSR count). The lowest BCUT2D eigenvalue weighted by molar-refractivity contribution is -0.359. The molecule has 0 spiro atoms. The SMILES string of the molecule is CC/C=C\C/C=C\C/C=C\C/C=C\C/C=C\C/C=C\C/C=C\C/C=C\C/C=C\C/C=C\CCCCCCC(=O)NC(COC1OC(CO)C(OC2OC(CO)C(O)C(O)C2O)C(O)C1O)C(O)/C=C/CC/C=C/CC/C=C/CCCCCCCCCCCCC. The van der Waals surface area contributed by atoms with Crippen LogP contribution in [0.2, 0.25) is 0 Å². The van der Waals surface area contributed by atoms with E-state index in [1.807, 2.05) is 6.08 Å². The first-order chi connectivity index (χ1) is 44.1. The highest BCUT2D eigenvalue weighted by Gasteiger charge is 2.51.